The van der Waals surface area contributed by atoms with Crippen molar-refractivity contribution < 1.29 is 37.8 Å². The van der Waals surface area contributed by atoms with Crippen LogP contribution in [0.4, 0.5) is 13.2 Å². The molecule has 0 radical (unpaired) electrons. The number of hydrogen-bond acceptors (Lipinski definition) is 3. The third kappa shape index (κ3) is 5.17. The Balaban J connectivity index is 4.41. The van der Waals surface area contributed by atoms with Crippen molar-refractivity contribution in [2.45, 2.75) is 25.1 Å². The van der Waals surface area contributed by atoms with Crippen molar-refractivity contribution in [2.75, 3.05) is 0 Å². The van der Waals surface area contributed by atoms with Crippen molar-refractivity contribution in [3.05, 3.63) is 0 Å². The Morgan fingerprint density at radius 1 is 1.19 bits per heavy atom. The summed E-state index contributed by atoms with van der Waals surface area (Å²) in [6.07, 6.45) is -6.47. The molecule has 0 aliphatic rings. The van der Waals surface area contributed by atoms with Crippen LogP contribution in [-0.2, 0) is 14.4 Å². The molecule has 0 fully saturated rings. The largest absolute Gasteiger partial charge is 0.481 e. The van der Waals surface area contributed by atoms with E-state index in [0.29, 0.717) is 0 Å². The Labute approximate surface area is 87.0 Å². The van der Waals surface area contributed by atoms with Crippen molar-refractivity contribution in [3.63, 3.8) is 0 Å². The van der Waals surface area contributed by atoms with Crippen LogP contribution in [0, 0.1) is 0 Å². The molecule has 0 aliphatic heterocycles. The van der Waals surface area contributed by atoms with Gasteiger partial charge in [-0.3, -0.25) is 9.59 Å². The van der Waals surface area contributed by atoms with Crippen LogP contribution in [0.15, 0.2) is 0 Å². The lowest BCUT2D eigenvalue weighted by Crippen LogP contribution is -2.47. The van der Waals surface area contributed by atoms with Crippen LogP contribution in [-0.4, -0.2) is 40.3 Å². The summed E-state index contributed by atoms with van der Waals surface area (Å²) in [6.45, 7) is 0. The van der Waals surface area contributed by atoms with E-state index in [2.05, 4.69) is 0 Å². The molecule has 0 spiro atoms. The number of rotatable bonds is 5. The van der Waals surface area contributed by atoms with Crippen LogP contribution in [0.3, 0.4) is 0 Å². The second-order valence-corrected chi connectivity index (χ2v) is 2.79. The van der Waals surface area contributed by atoms with Crippen LogP contribution in [0.2, 0.25) is 0 Å². The van der Waals surface area contributed by atoms with Crippen molar-refractivity contribution >= 4 is 17.8 Å². The third-order valence-corrected chi connectivity index (χ3v) is 1.51. The van der Waals surface area contributed by atoms with E-state index in [0.717, 1.165) is 0 Å². The van der Waals surface area contributed by atoms with Crippen molar-refractivity contribution in [3.8, 4) is 0 Å². The molecule has 92 valence electrons. The molecule has 1 unspecified atom stereocenters. The van der Waals surface area contributed by atoms with Gasteiger partial charge in [0.1, 0.15) is 6.04 Å². The van der Waals surface area contributed by atoms with Crippen molar-refractivity contribution in [1.82, 2.24) is 5.32 Å². The highest BCUT2D eigenvalue weighted by Crippen LogP contribution is 2.15. The zero-order valence-corrected chi connectivity index (χ0v) is 7.74. The summed E-state index contributed by atoms with van der Waals surface area (Å²) in [5, 5.41) is 17.8. The van der Waals surface area contributed by atoms with Gasteiger partial charge in [-0.25, -0.2) is 4.79 Å². The first-order valence-corrected chi connectivity index (χ1v) is 3.97. The van der Waals surface area contributed by atoms with E-state index in [-0.39, 0.29) is 0 Å². The molecule has 0 saturated carbocycles. The summed E-state index contributed by atoms with van der Waals surface area (Å²) in [5.74, 6) is -5.50. The van der Waals surface area contributed by atoms with Gasteiger partial charge in [-0.15, -0.1) is 0 Å². The van der Waals surface area contributed by atoms with E-state index in [1.165, 1.54) is 5.32 Å². The highest BCUT2D eigenvalue weighted by atomic mass is 19.4. The predicted molar refractivity (Wildman–Crippen MR) is 42.5 cm³/mol. The van der Waals surface area contributed by atoms with Crippen LogP contribution in [0.1, 0.15) is 12.8 Å². The molecule has 0 aromatic heterocycles. The lowest BCUT2D eigenvalue weighted by Gasteiger charge is -2.14. The summed E-state index contributed by atoms with van der Waals surface area (Å²) in [6, 6.07) is -1.87. The Bertz CT molecular complexity index is 301. The predicted octanol–water partition coefficient (Wildman–Crippen LogP) is -0.0171. The van der Waals surface area contributed by atoms with Gasteiger partial charge >= 0.3 is 24.0 Å². The van der Waals surface area contributed by atoms with Gasteiger partial charge in [-0.2, -0.15) is 13.2 Å². The smallest absolute Gasteiger partial charge is 0.471 e. The molecule has 0 bridgehead atoms. The van der Waals surface area contributed by atoms with E-state index in [1.54, 1.807) is 0 Å². The number of halogens is 3. The van der Waals surface area contributed by atoms with Gasteiger partial charge in [0.15, 0.2) is 0 Å². The highest BCUT2D eigenvalue weighted by molar-refractivity contribution is 5.87. The molecule has 3 N–H and O–H groups in total. The van der Waals surface area contributed by atoms with Crippen LogP contribution >= 0.6 is 0 Å². The number of alkyl halides is 3. The Morgan fingerprint density at radius 3 is 2.00 bits per heavy atom. The fourth-order valence-corrected chi connectivity index (χ4v) is 0.765. The number of aliphatic carboxylic acids is 2. The maximum Gasteiger partial charge on any atom is 0.471 e. The van der Waals surface area contributed by atoms with E-state index in [4.69, 9.17) is 10.2 Å². The topological polar surface area (TPSA) is 104 Å². The molecule has 16 heavy (non-hydrogen) atoms. The number of carboxylic acid groups (broad SMARTS) is 2. The van der Waals surface area contributed by atoms with E-state index in [1.807, 2.05) is 0 Å². The number of hydrogen-bond donors (Lipinski definition) is 3. The first kappa shape index (κ1) is 14.2. The molecule has 0 aromatic rings. The first-order valence-electron chi connectivity index (χ1n) is 3.97. The van der Waals surface area contributed by atoms with Gasteiger partial charge in [-0.1, -0.05) is 0 Å². The molecular weight excluding hydrogens is 235 g/mol. The average Bonchev–Trinajstić information content (AvgIpc) is 2.09. The summed E-state index contributed by atoms with van der Waals surface area (Å²) in [7, 11) is 0. The standard InChI is InChI=1S/C7H8F3NO5/c8-7(9,10)6(16)11-3(5(14)15)1-2-4(12)13/h3H,1-2H2,(H,11,16)(H,12,13)(H,14,15). The number of carboxylic acids is 2. The number of carbonyl (C=O) groups is 3. The lowest BCUT2D eigenvalue weighted by atomic mass is 10.1. The zero-order valence-electron chi connectivity index (χ0n) is 7.74. The summed E-state index contributed by atoms with van der Waals surface area (Å²) in [4.78, 5) is 30.9. The molecule has 6 nitrogen and oxygen atoms in total. The van der Waals surface area contributed by atoms with Gasteiger partial charge in [0, 0.05) is 6.42 Å². The molecule has 1 atom stereocenters. The summed E-state index contributed by atoms with van der Waals surface area (Å²) < 4.78 is 35.3. The average molecular weight is 243 g/mol. The zero-order chi connectivity index (χ0) is 12.9. The van der Waals surface area contributed by atoms with E-state index in [9.17, 15) is 27.6 Å². The number of carbonyl (C=O) groups excluding carboxylic acids is 1. The molecule has 0 heterocycles. The Kier molecular flexibility index (Phi) is 4.73. The maximum atomic E-state index is 11.8. The van der Waals surface area contributed by atoms with Gasteiger partial charge in [-0.05, 0) is 6.42 Å². The van der Waals surface area contributed by atoms with Gasteiger partial charge in [0.2, 0.25) is 0 Å². The summed E-state index contributed by atoms with van der Waals surface area (Å²) >= 11 is 0. The van der Waals surface area contributed by atoms with Crippen LogP contribution < -0.4 is 5.32 Å². The quantitative estimate of drug-likeness (QED) is 0.629. The van der Waals surface area contributed by atoms with E-state index < -0.39 is 42.9 Å². The molecule has 0 aliphatic carbocycles. The van der Waals surface area contributed by atoms with Gasteiger partial charge in [0.25, 0.3) is 0 Å². The Hall–Kier alpha value is -1.80. The third-order valence-electron chi connectivity index (χ3n) is 1.51. The molecule has 0 saturated heterocycles. The van der Waals surface area contributed by atoms with Crippen LogP contribution in [0.25, 0.3) is 0 Å². The van der Waals surface area contributed by atoms with Crippen molar-refractivity contribution in [1.29, 1.82) is 0 Å². The fraction of sp³-hybridized carbons (Fsp3) is 0.571. The number of nitrogens with one attached hydrogen (secondary N) is 1. The molecule has 0 aromatic carbocycles. The van der Waals surface area contributed by atoms with Gasteiger partial charge in [0.05, 0.1) is 0 Å². The molecule has 9 heteroatoms. The van der Waals surface area contributed by atoms with Crippen LogP contribution in [0.5, 0.6) is 0 Å². The minimum Gasteiger partial charge on any atom is -0.481 e. The maximum absolute atomic E-state index is 11.8. The second kappa shape index (κ2) is 5.33. The highest BCUT2D eigenvalue weighted by Gasteiger charge is 2.40. The second-order valence-electron chi connectivity index (χ2n) is 2.79. The summed E-state index contributed by atoms with van der Waals surface area (Å²) in [5.41, 5.74) is 0. The molecule has 1 amide bonds. The van der Waals surface area contributed by atoms with Gasteiger partial charge < -0.3 is 15.5 Å². The normalized spacial score (nSPS) is 12.9. The lowest BCUT2D eigenvalue weighted by molar-refractivity contribution is -0.175. The molecule has 0 rings (SSSR count). The molecular formula is C7H8F3NO5. The number of amides is 1. The minimum atomic E-state index is -5.20. The van der Waals surface area contributed by atoms with E-state index >= 15 is 0 Å². The Morgan fingerprint density at radius 2 is 1.69 bits per heavy atom. The first-order chi connectivity index (χ1) is 7.14. The monoisotopic (exact) mass is 243 g/mol. The minimum absolute atomic E-state index is 0.619. The SMILES string of the molecule is O=C(O)CCC(NC(=O)C(F)(F)F)C(=O)O. The van der Waals surface area contributed by atoms with Crippen molar-refractivity contribution in [2.24, 2.45) is 0 Å². The fourth-order valence-electron chi connectivity index (χ4n) is 0.765.